The molecule has 0 aliphatic carbocycles. The number of hydrogen-bond donors (Lipinski definition) is 0. The molecule has 1 aliphatic heterocycles. The van der Waals surface area contributed by atoms with Gasteiger partial charge in [0.25, 0.3) is 0 Å². The summed E-state index contributed by atoms with van der Waals surface area (Å²) in [5.41, 5.74) is 0. The number of esters is 1. The Morgan fingerprint density at radius 3 is 2.48 bits per heavy atom. The van der Waals surface area contributed by atoms with Crippen LogP contribution in [0.3, 0.4) is 0 Å². The van der Waals surface area contributed by atoms with Gasteiger partial charge in [0.15, 0.2) is 6.29 Å². The fraction of sp³-hybridized carbons (Fsp3) is 0.842. The second-order valence-electron chi connectivity index (χ2n) is 5.97. The molecular formula is C19H32O4. The van der Waals surface area contributed by atoms with Crippen molar-refractivity contribution in [3.8, 4) is 11.8 Å². The first kappa shape index (κ1) is 20.0. The Kier molecular flexibility index (Phi) is 12.6. The average molecular weight is 324 g/mol. The molecule has 0 N–H and O–H groups in total. The van der Waals surface area contributed by atoms with Gasteiger partial charge in [-0.05, 0) is 44.9 Å². The van der Waals surface area contributed by atoms with Crippen LogP contribution in [0, 0.1) is 11.8 Å². The van der Waals surface area contributed by atoms with Crippen molar-refractivity contribution >= 4 is 5.97 Å². The molecule has 0 aromatic carbocycles. The summed E-state index contributed by atoms with van der Waals surface area (Å²) in [6, 6.07) is 0. The highest BCUT2D eigenvalue weighted by Crippen LogP contribution is 2.14. The maximum absolute atomic E-state index is 10.9. The Morgan fingerprint density at radius 1 is 1.04 bits per heavy atom. The molecule has 1 fully saturated rings. The molecule has 1 saturated heterocycles. The van der Waals surface area contributed by atoms with Crippen molar-refractivity contribution < 1.29 is 19.0 Å². The minimum absolute atomic E-state index is 0.0361. The summed E-state index contributed by atoms with van der Waals surface area (Å²) in [5.74, 6) is 6.35. The van der Waals surface area contributed by atoms with Crippen LogP contribution in [0.2, 0.25) is 0 Å². The van der Waals surface area contributed by atoms with Crippen LogP contribution in [0.25, 0.3) is 0 Å². The van der Waals surface area contributed by atoms with E-state index in [1.807, 2.05) is 0 Å². The van der Waals surface area contributed by atoms with Crippen LogP contribution in [0.15, 0.2) is 0 Å². The summed E-state index contributed by atoms with van der Waals surface area (Å²) in [7, 11) is 1.44. The molecule has 4 nitrogen and oxygen atoms in total. The summed E-state index contributed by atoms with van der Waals surface area (Å²) >= 11 is 0. The first-order valence-electron chi connectivity index (χ1n) is 9.08. The minimum atomic E-state index is -0.108. The quantitative estimate of drug-likeness (QED) is 0.324. The molecule has 1 atom stereocenters. The highest BCUT2D eigenvalue weighted by molar-refractivity contribution is 5.68. The first-order chi connectivity index (χ1) is 11.3. The van der Waals surface area contributed by atoms with Gasteiger partial charge in [0.05, 0.1) is 7.11 Å². The third kappa shape index (κ3) is 12.1. The van der Waals surface area contributed by atoms with Gasteiger partial charge < -0.3 is 14.2 Å². The molecule has 0 aromatic rings. The van der Waals surface area contributed by atoms with E-state index < -0.39 is 0 Å². The number of carbonyl (C=O) groups excluding carboxylic acids is 1. The van der Waals surface area contributed by atoms with Gasteiger partial charge in [-0.3, -0.25) is 4.79 Å². The maximum atomic E-state index is 10.9. The van der Waals surface area contributed by atoms with Crippen LogP contribution in [0.4, 0.5) is 0 Å². The summed E-state index contributed by atoms with van der Waals surface area (Å²) in [6.07, 6.45) is 12.3. The zero-order valence-electron chi connectivity index (χ0n) is 14.6. The molecule has 0 bridgehead atoms. The molecule has 1 unspecified atom stereocenters. The zero-order valence-corrected chi connectivity index (χ0v) is 14.6. The van der Waals surface area contributed by atoms with Gasteiger partial charge in [0.2, 0.25) is 0 Å². The number of ether oxygens (including phenoxy) is 3. The topological polar surface area (TPSA) is 44.8 Å². The Bertz CT molecular complexity index is 350. The van der Waals surface area contributed by atoms with Gasteiger partial charge in [-0.25, -0.2) is 0 Å². The van der Waals surface area contributed by atoms with Crippen molar-refractivity contribution in [2.24, 2.45) is 0 Å². The van der Waals surface area contributed by atoms with E-state index in [0.29, 0.717) is 6.42 Å². The van der Waals surface area contributed by atoms with Crippen molar-refractivity contribution in [1.29, 1.82) is 0 Å². The van der Waals surface area contributed by atoms with Crippen LogP contribution in [-0.4, -0.2) is 32.6 Å². The number of carbonyl (C=O) groups is 1. The zero-order chi connectivity index (χ0) is 16.6. The molecule has 1 aliphatic rings. The van der Waals surface area contributed by atoms with E-state index in [1.54, 1.807) is 0 Å². The predicted molar refractivity (Wildman–Crippen MR) is 90.9 cm³/mol. The molecule has 23 heavy (non-hydrogen) atoms. The van der Waals surface area contributed by atoms with E-state index >= 15 is 0 Å². The van der Waals surface area contributed by atoms with Gasteiger partial charge in [-0.15, -0.1) is 11.8 Å². The van der Waals surface area contributed by atoms with Crippen LogP contribution < -0.4 is 0 Å². The summed E-state index contributed by atoms with van der Waals surface area (Å²) in [5, 5.41) is 0. The molecule has 132 valence electrons. The highest BCUT2D eigenvalue weighted by Gasteiger charge is 2.12. The second kappa shape index (κ2) is 14.5. The largest absolute Gasteiger partial charge is 0.469 e. The number of hydrogen-bond acceptors (Lipinski definition) is 4. The third-order valence-corrected chi connectivity index (χ3v) is 3.92. The lowest BCUT2D eigenvalue weighted by atomic mass is 10.1. The fourth-order valence-corrected chi connectivity index (χ4v) is 2.49. The van der Waals surface area contributed by atoms with Crippen LogP contribution in [0.5, 0.6) is 0 Å². The molecule has 0 amide bonds. The molecule has 1 rings (SSSR count). The predicted octanol–water partition coefficient (Wildman–Crippen LogP) is 4.22. The number of unbranched alkanes of at least 4 members (excludes halogenated alkanes) is 6. The summed E-state index contributed by atoms with van der Waals surface area (Å²) in [4.78, 5) is 10.9. The van der Waals surface area contributed by atoms with Gasteiger partial charge in [0.1, 0.15) is 0 Å². The summed E-state index contributed by atoms with van der Waals surface area (Å²) in [6.45, 7) is 1.63. The van der Waals surface area contributed by atoms with Crippen molar-refractivity contribution in [2.75, 3.05) is 20.3 Å². The molecule has 0 spiro atoms. The molecule has 4 heteroatoms. The Balaban J connectivity index is 1.79. The van der Waals surface area contributed by atoms with Crippen molar-refractivity contribution in [3.63, 3.8) is 0 Å². The van der Waals surface area contributed by atoms with Crippen molar-refractivity contribution in [1.82, 2.24) is 0 Å². The van der Waals surface area contributed by atoms with E-state index in [0.717, 1.165) is 71.0 Å². The van der Waals surface area contributed by atoms with Crippen molar-refractivity contribution in [2.45, 2.75) is 83.3 Å². The minimum Gasteiger partial charge on any atom is -0.469 e. The molecule has 0 saturated carbocycles. The van der Waals surface area contributed by atoms with Gasteiger partial charge in [-0.1, -0.05) is 12.8 Å². The number of methoxy groups -OCH3 is 1. The van der Waals surface area contributed by atoms with E-state index in [9.17, 15) is 4.79 Å². The molecule has 0 aromatic heterocycles. The Hall–Kier alpha value is -1.05. The normalized spacial score (nSPS) is 17.3. The maximum Gasteiger partial charge on any atom is 0.305 e. The highest BCUT2D eigenvalue weighted by atomic mass is 16.7. The lowest BCUT2D eigenvalue weighted by Crippen LogP contribution is -2.22. The standard InChI is InChI=1S/C19H32O4/c1-21-18(20)14-10-8-6-4-2-3-5-7-9-12-16-22-19-15-11-13-17-23-19/h19H,2,4,6-17H2,1H3. The lowest BCUT2D eigenvalue weighted by Gasteiger charge is -2.22. The summed E-state index contributed by atoms with van der Waals surface area (Å²) < 4.78 is 15.8. The lowest BCUT2D eigenvalue weighted by molar-refractivity contribution is -0.162. The van der Waals surface area contributed by atoms with Crippen molar-refractivity contribution in [3.05, 3.63) is 0 Å². The molecule has 1 heterocycles. The van der Waals surface area contributed by atoms with E-state index in [1.165, 1.54) is 20.0 Å². The third-order valence-electron chi connectivity index (χ3n) is 3.92. The SMILES string of the molecule is COC(=O)CCCCCCC#CCCCCOC1CCCCO1. The van der Waals surface area contributed by atoms with E-state index in [4.69, 9.17) is 9.47 Å². The Morgan fingerprint density at radius 2 is 1.78 bits per heavy atom. The van der Waals surface area contributed by atoms with E-state index in [2.05, 4.69) is 16.6 Å². The van der Waals surface area contributed by atoms with Gasteiger partial charge in [-0.2, -0.15) is 0 Å². The fourth-order valence-electron chi connectivity index (χ4n) is 2.49. The smallest absolute Gasteiger partial charge is 0.305 e. The number of rotatable bonds is 11. The average Bonchev–Trinajstić information content (AvgIpc) is 2.59. The van der Waals surface area contributed by atoms with Gasteiger partial charge in [0, 0.05) is 32.5 Å². The van der Waals surface area contributed by atoms with Crippen LogP contribution in [0.1, 0.15) is 77.0 Å². The molecule has 0 radical (unpaired) electrons. The van der Waals surface area contributed by atoms with Gasteiger partial charge >= 0.3 is 5.97 Å². The monoisotopic (exact) mass is 324 g/mol. The van der Waals surface area contributed by atoms with E-state index in [-0.39, 0.29) is 12.3 Å². The van der Waals surface area contributed by atoms with Crippen LogP contribution in [-0.2, 0) is 19.0 Å². The van der Waals surface area contributed by atoms with Crippen LogP contribution >= 0.6 is 0 Å². The molecular weight excluding hydrogens is 292 g/mol. The first-order valence-corrected chi connectivity index (χ1v) is 9.08. The second-order valence-corrected chi connectivity index (χ2v) is 5.97. The Labute approximate surface area is 141 Å².